The molecule has 0 aliphatic carbocycles. The maximum Gasteiger partial charge on any atom is 0.116 e. The number of oxime groups is 1. The normalized spacial score (nSPS) is 10.8. The second-order valence-corrected chi connectivity index (χ2v) is 3.44. The van der Waals surface area contributed by atoms with Crippen molar-refractivity contribution in [1.29, 1.82) is 0 Å². The standard InChI is InChI=1S/C9H13NOS/c1-2-7-11-10-6-5-9-4-3-8-12-9/h3-4,6,8H,2,5,7H2,1H3. The lowest BCUT2D eigenvalue weighted by Gasteiger charge is -1.92. The van der Waals surface area contributed by atoms with Gasteiger partial charge in [-0.1, -0.05) is 18.1 Å². The van der Waals surface area contributed by atoms with Crippen LogP contribution in [0.25, 0.3) is 0 Å². The van der Waals surface area contributed by atoms with Crippen LogP contribution in [0.5, 0.6) is 0 Å². The van der Waals surface area contributed by atoms with Gasteiger partial charge in [0.25, 0.3) is 0 Å². The molecule has 0 fully saturated rings. The Bertz CT molecular complexity index is 218. The lowest BCUT2D eigenvalue weighted by molar-refractivity contribution is 0.146. The van der Waals surface area contributed by atoms with E-state index in [1.54, 1.807) is 11.3 Å². The third kappa shape index (κ3) is 3.53. The van der Waals surface area contributed by atoms with Gasteiger partial charge in [-0.25, -0.2) is 0 Å². The maximum atomic E-state index is 4.96. The minimum absolute atomic E-state index is 0.709. The van der Waals surface area contributed by atoms with Crippen molar-refractivity contribution in [2.75, 3.05) is 6.61 Å². The van der Waals surface area contributed by atoms with E-state index in [4.69, 9.17) is 4.84 Å². The van der Waals surface area contributed by atoms with Crippen LogP contribution in [0.2, 0.25) is 0 Å². The number of hydrogen-bond donors (Lipinski definition) is 0. The van der Waals surface area contributed by atoms with Gasteiger partial charge in [0, 0.05) is 17.5 Å². The monoisotopic (exact) mass is 183 g/mol. The van der Waals surface area contributed by atoms with Gasteiger partial charge in [0.05, 0.1) is 0 Å². The van der Waals surface area contributed by atoms with Crippen LogP contribution in [0.3, 0.4) is 0 Å². The third-order valence-electron chi connectivity index (χ3n) is 1.32. The second kappa shape index (κ2) is 5.77. The molecule has 3 heteroatoms. The van der Waals surface area contributed by atoms with E-state index in [0.717, 1.165) is 12.8 Å². The van der Waals surface area contributed by atoms with E-state index in [1.807, 2.05) is 12.3 Å². The molecule has 0 unspecified atom stereocenters. The zero-order valence-corrected chi connectivity index (χ0v) is 8.01. The zero-order valence-electron chi connectivity index (χ0n) is 7.19. The van der Waals surface area contributed by atoms with Gasteiger partial charge in [-0.2, -0.15) is 0 Å². The van der Waals surface area contributed by atoms with Gasteiger partial charge in [-0.15, -0.1) is 11.3 Å². The van der Waals surface area contributed by atoms with E-state index in [-0.39, 0.29) is 0 Å². The highest BCUT2D eigenvalue weighted by atomic mass is 32.1. The molecule has 0 aliphatic heterocycles. The fraction of sp³-hybridized carbons (Fsp3) is 0.444. The molecule has 0 atom stereocenters. The number of rotatable bonds is 5. The van der Waals surface area contributed by atoms with Crippen molar-refractivity contribution in [3.63, 3.8) is 0 Å². The van der Waals surface area contributed by atoms with Gasteiger partial charge in [-0.05, 0) is 17.9 Å². The maximum absolute atomic E-state index is 4.96. The van der Waals surface area contributed by atoms with Crippen LogP contribution >= 0.6 is 11.3 Å². The predicted octanol–water partition coefficient (Wildman–Crippen LogP) is 2.70. The summed E-state index contributed by atoms with van der Waals surface area (Å²) in [6, 6.07) is 4.14. The van der Waals surface area contributed by atoms with Crippen molar-refractivity contribution in [2.45, 2.75) is 19.8 Å². The van der Waals surface area contributed by atoms with E-state index >= 15 is 0 Å². The molecule has 0 saturated heterocycles. The predicted molar refractivity (Wildman–Crippen MR) is 52.8 cm³/mol. The first kappa shape index (κ1) is 9.26. The van der Waals surface area contributed by atoms with Gasteiger partial charge >= 0.3 is 0 Å². The summed E-state index contributed by atoms with van der Waals surface area (Å²) in [6.07, 6.45) is 3.69. The Morgan fingerprint density at radius 1 is 1.67 bits per heavy atom. The molecule has 0 N–H and O–H groups in total. The summed E-state index contributed by atoms with van der Waals surface area (Å²) < 4.78 is 0. The lowest BCUT2D eigenvalue weighted by Crippen LogP contribution is -1.86. The molecule has 0 saturated carbocycles. The minimum Gasteiger partial charge on any atom is -0.396 e. The molecular weight excluding hydrogens is 170 g/mol. The van der Waals surface area contributed by atoms with Gasteiger partial charge in [0.15, 0.2) is 0 Å². The smallest absolute Gasteiger partial charge is 0.116 e. The Hall–Kier alpha value is -0.830. The summed E-state index contributed by atoms with van der Waals surface area (Å²) in [4.78, 5) is 6.27. The molecule has 2 nitrogen and oxygen atoms in total. The Kier molecular flexibility index (Phi) is 4.46. The van der Waals surface area contributed by atoms with Crippen molar-refractivity contribution in [3.05, 3.63) is 22.4 Å². The summed E-state index contributed by atoms with van der Waals surface area (Å²) in [7, 11) is 0. The lowest BCUT2D eigenvalue weighted by atomic mass is 10.4. The molecule has 1 heterocycles. The van der Waals surface area contributed by atoms with E-state index < -0.39 is 0 Å². The van der Waals surface area contributed by atoms with Crippen LogP contribution in [-0.2, 0) is 11.3 Å². The molecule has 0 spiro atoms. The first-order valence-electron chi connectivity index (χ1n) is 4.09. The number of hydrogen-bond acceptors (Lipinski definition) is 3. The Morgan fingerprint density at radius 3 is 3.25 bits per heavy atom. The molecule has 0 amide bonds. The number of thiophene rings is 1. The van der Waals surface area contributed by atoms with Gasteiger partial charge in [0.1, 0.15) is 6.61 Å². The average Bonchev–Trinajstić information content (AvgIpc) is 2.57. The van der Waals surface area contributed by atoms with Crippen molar-refractivity contribution in [2.24, 2.45) is 5.16 Å². The molecule has 1 aromatic heterocycles. The molecule has 1 rings (SSSR count). The van der Waals surface area contributed by atoms with E-state index in [1.165, 1.54) is 4.88 Å². The summed E-state index contributed by atoms with van der Waals surface area (Å²) in [6.45, 7) is 2.77. The van der Waals surface area contributed by atoms with Gasteiger partial charge < -0.3 is 4.84 Å². The van der Waals surface area contributed by atoms with Crippen molar-refractivity contribution in [1.82, 2.24) is 0 Å². The van der Waals surface area contributed by atoms with Crippen molar-refractivity contribution >= 4 is 17.6 Å². The van der Waals surface area contributed by atoms with E-state index in [0.29, 0.717) is 6.61 Å². The molecule has 0 bridgehead atoms. The van der Waals surface area contributed by atoms with Crippen LogP contribution in [0.4, 0.5) is 0 Å². The zero-order chi connectivity index (χ0) is 8.65. The van der Waals surface area contributed by atoms with Gasteiger partial charge in [0.2, 0.25) is 0 Å². The highest BCUT2D eigenvalue weighted by molar-refractivity contribution is 7.10. The molecule has 66 valence electrons. The van der Waals surface area contributed by atoms with Crippen molar-refractivity contribution < 1.29 is 4.84 Å². The van der Waals surface area contributed by atoms with E-state index in [2.05, 4.69) is 23.5 Å². The Balaban J connectivity index is 2.13. The molecular formula is C9H13NOS. The third-order valence-corrected chi connectivity index (χ3v) is 2.22. The quantitative estimate of drug-likeness (QED) is 0.391. The Morgan fingerprint density at radius 2 is 2.58 bits per heavy atom. The number of nitrogens with zero attached hydrogens (tertiary/aromatic N) is 1. The van der Waals surface area contributed by atoms with Gasteiger partial charge in [-0.3, -0.25) is 0 Å². The Labute approximate surface area is 76.9 Å². The van der Waals surface area contributed by atoms with Crippen LogP contribution in [0.1, 0.15) is 18.2 Å². The highest BCUT2D eigenvalue weighted by Crippen LogP contribution is 2.07. The molecule has 0 aliphatic rings. The minimum atomic E-state index is 0.709. The molecule has 1 aromatic rings. The SMILES string of the molecule is CCCON=CCc1cccs1. The van der Waals surface area contributed by atoms with E-state index in [9.17, 15) is 0 Å². The first-order valence-corrected chi connectivity index (χ1v) is 4.97. The molecule has 12 heavy (non-hydrogen) atoms. The fourth-order valence-electron chi connectivity index (χ4n) is 0.753. The summed E-state index contributed by atoms with van der Waals surface area (Å²) >= 11 is 1.74. The first-order chi connectivity index (χ1) is 5.93. The van der Waals surface area contributed by atoms with Crippen LogP contribution in [0, 0.1) is 0 Å². The van der Waals surface area contributed by atoms with Crippen LogP contribution < -0.4 is 0 Å². The molecule has 0 aromatic carbocycles. The average molecular weight is 183 g/mol. The summed E-state index contributed by atoms with van der Waals surface area (Å²) in [5.41, 5.74) is 0. The fourth-order valence-corrected chi connectivity index (χ4v) is 1.41. The summed E-state index contributed by atoms with van der Waals surface area (Å²) in [5, 5.41) is 5.88. The van der Waals surface area contributed by atoms with Crippen LogP contribution in [-0.4, -0.2) is 12.8 Å². The summed E-state index contributed by atoms with van der Waals surface area (Å²) in [5.74, 6) is 0. The second-order valence-electron chi connectivity index (χ2n) is 2.40. The molecule has 0 radical (unpaired) electrons. The topological polar surface area (TPSA) is 21.6 Å². The largest absolute Gasteiger partial charge is 0.396 e. The van der Waals surface area contributed by atoms with Crippen LogP contribution in [0.15, 0.2) is 22.7 Å². The highest BCUT2D eigenvalue weighted by Gasteiger charge is 1.88. The van der Waals surface area contributed by atoms with Crippen molar-refractivity contribution in [3.8, 4) is 0 Å².